The van der Waals surface area contributed by atoms with E-state index in [1.165, 1.54) is 0 Å². The molecule has 1 unspecified atom stereocenters. The van der Waals surface area contributed by atoms with E-state index in [1.54, 1.807) is 16.3 Å². The molecule has 0 radical (unpaired) electrons. The summed E-state index contributed by atoms with van der Waals surface area (Å²) in [6.45, 7) is 2.44. The summed E-state index contributed by atoms with van der Waals surface area (Å²) in [6, 6.07) is 7.23. The minimum absolute atomic E-state index is 0.0417. The van der Waals surface area contributed by atoms with E-state index in [4.69, 9.17) is 4.74 Å². The first-order valence-corrected chi connectivity index (χ1v) is 9.94. The number of aromatic nitrogens is 2. The maximum absolute atomic E-state index is 12.8. The van der Waals surface area contributed by atoms with Gasteiger partial charge in [0.1, 0.15) is 5.75 Å². The fourth-order valence-electron chi connectivity index (χ4n) is 3.57. The van der Waals surface area contributed by atoms with Crippen molar-refractivity contribution in [2.45, 2.75) is 43.8 Å². The molecule has 1 atom stereocenters. The van der Waals surface area contributed by atoms with Gasteiger partial charge in [0.15, 0.2) is 5.16 Å². The lowest BCUT2D eigenvalue weighted by Crippen LogP contribution is -2.30. The zero-order valence-corrected chi connectivity index (χ0v) is 15.5. The number of rotatable bonds is 5. The number of hydrogen-bond acceptors (Lipinski definition) is 5. The van der Waals surface area contributed by atoms with Crippen LogP contribution in [0, 0.1) is 0 Å². The summed E-state index contributed by atoms with van der Waals surface area (Å²) in [5.74, 6) is 1.23. The fourth-order valence-corrected chi connectivity index (χ4v) is 4.72. The van der Waals surface area contributed by atoms with Crippen LogP contribution in [0.2, 0.25) is 0 Å². The van der Waals surface area contributed by atoms with Crippen LogP contribution in [0.1, 0.15) is 37.1 Å². The number of ether oxygens (including phenoxy) is 1. The second kappa shape index (κ2) is 7.15. The number of aryl methyl sites for hydroxylation is 1. The lowest BCUT2D eigenvalue weighted by atomic mass is 10.2. The van der Waals surface area contributed by atoms with Gasteiger partial charge in [-0.1, -0.05) is 23.9 Å². The summed E-state index contributed by atoms with van der Waals surface area (Å²) < 4.78 is 7.27. The van der Waals surface area contributed by atoms with Crippen LogP contribution >= 0.6 is 11.8 Å². The van der Waals surface area contributed by atoms with Crippen molar-refractivity contribution in [2.75, 3.05) is 17.7 Å². The average Bonchev–Trinajstić information content (AvgIpc) is 3.25. The van der Waals surface area contributed by atoms with Gasteiger partial charge in [-0.25, -0.2) is 4.98 Å². The van der Waals surface area contributed by atoms with E-state index in [2.05, 4.69) is 10.3 Å². The van der Waals surface area contributed by atoms with Crippen LogP contribution in [0.3, 0.4) is 0 Å². The minimum Gasteiger partial charge on any atom is -0.492 e. The zero-order valence-electron chi connectivity index (χ0n) is 14.7. The Morgan fingerprint density at radius 3 is 3.08 bits per heavy atom. The smallest absolute Gasteiger partial charge is 0.257 e. The lowest BCUT2D eigenvalue weighted by Gasteiger charge is -2.15. The molecular formula is C19H21N3O3S. The summed E-state index contributed by atoms with van der Waals surface area (Å²) in [7, 11) is 0. The molecule has 1 aliphatic carbocycles. The van der Waals surface area contributed by atoms with Gasteiger partial charge < -0.3 is 10.1 Å². The Morgan fingerprint density at radius 2 is 2.23 bits per heavy atom. The second-order valence-corrected chi connectivity index (χ2v) is 7.48. The quantitative estimate of drug-likeness (QED) is 0.818. The first kappa shape index (κ1) is 17.1. The standard InChI is InChI=1S/C19H21N3O3S/c1-2-25-16-9-4-3-7-15(16)20-17(23)10-12-11-26-19-21-14-8-5-6-13(14)18(24)22(12)19/h3-4,7,9,12H,2,5-6,8,10-11H2,1H3,(H,20,23). The Labute approximate surface area is 156 Å². The molecule has 0 spiro atoms. The largest absolute Gasteiger partial charge is 0.492 e. The minimum atomic E-state index is -0.153. The topological polar surface area (TPSA) is 73.2 Å². The third-order valence-corrected chi connectivity index (χ3v) is 5.85. The molecule has 136 valence electrons. The number of nitrogens with zero attached hydrogens (tertiary/aromatic N) is 2. The molecule has 1 aliphatic heterocycles. The van der Waals surface area contributed by atoms with E-state index in [0.717, 1.165) is 35.7 Å². The van der Waals surface area contributed by atoms with Crippen molar-refractivity contribution in [1.29, 1.82) is 0 Å². The summed E-state index contributed by atoms with van der Waals surface area (Å²) >= 11 is 1.56. The van der Waals surface area contributed by atoms with Crippen molar-refractivity contribution in [2.24, 2.45) is 0 Å². The SMILES string of the molecule is CCOc1ccccc1NC(=O)CC1CSc2nc3c(c(=O)n21)CCC3. The molecular weight excluding hydrogens is 350 g/mol. The molecule has 1 amide bonds. The van der Waals surface area contributed by atoms with Gasteiger partial charge >= 0.3 is 0 Å². The summed E-state index contributed by atoms with van der Waals surface area (Å²) in [5, 5.41) is 3.67. The molecule has 2 aromatic rings. The van der Waals surface area contributed by atoms with Crippen molar-refractivity contribution in [3.63, 3.8) is 0 Å². The molecule has 1 aromatic heterocycles. The number of carbonyl (C=O) groups is 1. The maximum atomic E-state index is 12.8. The highest BCUT2D eigenvalue weighted by molar-refractivity contribution is 7.99. The van der Waals surface area contributed by atoms with Gasteiger partial charge in [0.2, 0.25) is 5.91 Å². The fraction of sp³-hybridized carbons (Fsp3) is 0.421. The van der Waals surface area contributed by atoms with E-state index in [1.807, 2.05) is 31.2 Å². The zero-order chi connectivity index (χ0) is 18.1. The molecule has 0 fully saturated rings. The number of hydrogen-bond donors (Lipinski definition) is 1. The summed E-state index contributed by atoms with van der Waals surface area (Å²) in [5.41, 5.74) is 2.48. The third-order valence-electron chi connectivity index (χ3n) is 4.75. The Bertz CT molecular complexity index is 909. The first-order chi connectivity index (χ1) is 12.7. The molecule has 0 bridgehead atoms. The molecule has 2 aliphatic rings. The Hall–Kier alpha value is -2.28. The average molecular weight is 371 g/mol. The Balaban J connectivity index is 1.52. The lowest BCUT2D eigenvalue weighted by molar-refractivity contribution is -0.116. The normalized spacial score (nSPS) is 17.7. The van der Waals surface area contributed by atoms with Crippen LogP contribution in [0.15, 0.2) is 34.2 Å². The van der Waals surface area contributed by atoms with Gasteiger partial charge in [-0.05, 0) is 38.3 Å². The highest BCUT2D eigenvalue weighted by Crippen LogP contribution is 2.34. The molecule has 26 heavy (non-hydrogen) atoms. The number of fused-ring (bicyclic) bond motifs is 2. The van der Waals surface area contributed by atoms with Crippen LogP contribution in [0.5, 0.6) is 5.75 Å². The summed E-state index contributed by atoms with van der Waals surface area (Å²) in [4.78, 5) is 30.0. The monoisotopic (exact) mass is 371 g/mol. The second-order valence-electron chi connectivity index (χ2n) is 6.49. The van der Waals surface area contributed by atoms with Crippen molar-refractivity contribution >= 4 is 23.4 Å². The Kier molecular flexibility index (Phi) is 4.72. The van der Waals surface area contributed by atoms with Crippen molar-refractivity contribution in [1.82, 2.24) is 9.55 Å². The molecule has 1 aromatic carbocycles. The van der Waals surface area contributed by atoms with Crippen LogP contribution in [-0.2, 0) is 17.6 Å². The van der Waals surface area contributed by atoms with Gasteiger partial charge in [0.05, 0.1) is 24.0 Å². The number of benzene rings is 1. The van der Waals surface area contributed by atoms with Crippen LogP contribution in [-0.4, -0.2) is 27.8 Å². The van der Waals surface area contributed by atoms with Gasteiger partial charge in [-0.2, -0.15) is 0 Å². The predicted molar refractivity (Wildman–Crippen MR) is 101 cm³/mol. The molecule has 2 heterocycles. The maximum Gasteiger partial charge on any atom is 0.257 e. The number of anilines is 1. The number of thioether (sulfide) groups is 1. The van der Waals surface area contributed by atoms with E-state index in [-0.39, 0.29) is 23.9 Å². The number of amides is 1. The highest BCUT2D eigenvalue weighted by atomic mass is 32.2. The van der Waals surface area contributed by atoms with Crippen molar-refractivity contribution < 1.29 is 9.53 Å². The number of nitrogens with one attached hydrogen (secondary N) is 1. The van der Waals surface area contributed by atoms with Crippen LogP contribution in [0.25, 0.3) is 0 Å². The van der Waals surface area contributed by atoms with Crippen LogP contribution in [0.4, 0.5) is 5.69 Å². The molecule has 0 saturated carbocycles. The Morgan fingerprint density at radius 1 is 1.38 bits per heavy atom. The van der Waals surface area contributed by atoms with Gasteiger partial charge in [0, 0.05) is 17.7 Å². The predicted octanol–water partition coefficient (Wildman–Crippen LogP) is 2.81. The molecule has 7 heteroatoms. The van der Waals surface area contributed by atoms with Crippen molar-refractivity contribution in [3.8, 4) is 5.75 Å². The molecule has 1 N–H and O–H groups in total. The van der Waals surface area contributed by atoms with Crippen molar-refractivity contribution in [3.05, 3.63) is 45.9 Å². The van der Waals surface area contributed by atoms with Gasteiger partial charge in [-0.3, -0.25) is 14.2 Å². The van der Waals surface area contributed by atoms with E-state index < -0.39 is 0 Å². The van der Waals surface area contributed by atoms with Gasteiger partial charge in [-0.15, -0.1) is 0 Å². The number of para-hydroxylation sites is 2. The number of carbonyl (C=O) groups excluding carboxylic acids is 1. The van der Waals surface area contributed by atoms with Crippen LogP contribution < -0.4 is 15.6 Å². The molecule has 0 saturated heterocycles. The summed E-state index contributed by atoms with van der Waals surface area (Å²) in [6.07, 6.45) is 2.93. The molecule has 4 rings (SSSR count). The van der Waals surface area contributed by atoms with E-state index in [9.17, 15) is 9.59 Å². The van der Waals surface area contributed by atoms with E-state index in [0.29, 0.717) is 23.8 Å². The van der Waals surface area contributed by atoms with E-state index >= 15 is 0 Å². The highest BCUT2D eigenvalue weighted by Gasteiger charge is 2.31. The first-order valence-electron chi connectivity index (χ1n) is 8.96. The third kappa shape index (κ3) is 3.11. The molecule has 6 nitrogen and oxygen atoms in total. The van der Waals surface area contributed by atoms with Gasteiger partial charge in [0.25, 0.3) is 5.56 Å².